The van der Waals surface area contributed by atoms with Gasteiger partial charge in [-0.25, -0.2) is 4.79 Å². The number of nitrogens with one attached hydrogen (secondary N) is 1. The number of rotatable bonds is 2. The van der Waals surface area contributed by atoms with Crippen molar-refractivity contribution in [2.45, 2.75) is 12.5 Å². The molecular weight excluding hydrogens is 158 g/mol. The Labute approximate surface area is 69.9 Å². The molecule has 0 aliphatic heterocycles. The highest BCUT2D eigenvalue weighted by atomic mass is 16.5. The second-order valence-corrected chi connectivity index (χ2v) is 2.66. The Balaban J connectivity index is 2.93. The van der Waals surface area contributed by atoms with Crippen LogP contribution in [0.15, 0.2) is 12.3 Å². The molecule has 1 heterocycles. The lowest BCUT2D eigenvalue weighted by Gasteiger charge is -2.18. The number of carbonyl (C=O) groups is 1. The van der Waals surface area contributed by atoms with E-state index < -0.39 is 11.5 Å². The molecule has 66 valence electrons. The molecule has 12 heavy (non-hydrogen) atoms. The maximum Gasteiger partial charge on any atom is 0.331 e. The molecule has 0 aliphatic rings. The summed E-state index contributed by atoms with van der Waals surface area (Å²) >= 11 is 0. The van der Waals surface area contributed by atoms with Crippen molar-refractivity contribution in [3.8, 4) is 0 Å². The lowest BCUT2D eigenvalue weighted by atomic mass is 10.0. The molecule has 0 saturated carbocycles. The van der Waals surface area contributed by atoms with Crippen molar-refractivity contribution in [2.75, 3.05) is 7.11 Å². The average molecular weight is 169 g/mol. The molecule has 1 rings (SSSR count). The smallest absolute Gasteiger partial charge is 0.331 e. The summed E-state index contributed by atoms with van der Waals surface area (Å²) in [6.45, 7) is 1.56. The average Bonchev–Trinajstić information content (AvgIpc) is 2.55. The number of carbonyl (C=O) groups excluding carboxylic acids is 1. The molecule has 5 heteroatoms. The van der Waals surface area contributed by atoms with Crippen molar-refractivity contribution in [2.24, 2.45) is 5.73 Å². The van der Waals surface area contributed by atoms with Crippen molar-refractivity contribution in [3.63, 3.8) is 0 Å². The summed E-state index contributed by atoms with van der Waals surface area (Å²) in [7, 11) is 1.30. The maximum absolute atomic E-state index is 11.1. The molecule has 5 nitrogen and oxygen atoms in total. The summed E-state index contributed by atoms with van der Waals surface area (Å²) in [6, 6.07) is 1.64. The molecule has 0 radical (unpaired) electrons. The van der Waals surface area contributed by atoms with Gasteiger partial charge in [0.15, 0.2) is 5.54 Å². The van der Waals surface area contributed by atoms with Gasteiger partial charge in [-0.05, 0) is 13.0 Å². The largest absolute Gasteiger partial charge is 0.467 e. The van der Waals surface area contributed by atoms with Gasteiger partial charge in [-0.3, -0.25) is 5.10 Å². The SMILES string of the molecule is COC(=O)[C@](C)(N)c1ccn[nH]1. The predicted octanol–water partition coefficient (Wildman–Crippen LogP) is -0.243. The number of hydrogen-bond acceptors (Lipinski definition) is 4. The van der Waals surface area contributed by atoms with E-state index in [0.717, 1.165) is 0 Å². The molecule has 1 aromatic heterocycles. The zero-order valence-corrected chi connectivity index (χ0v) is 7.00. The van der Waals surface area contributed by atoms with Gasteiger partial charge in [-0.1, -0.05) is 0 Å². The molecule has 0 bridgehead atoms. The Kier molecular flexibility index (Phi) is 2.14. The van der Waals surface area contributed by atoms with E-state index in [-0.39, 0.29) is 0 Å². The van der Waals surface area contributed by atoms with Crippen molar-refractivity contribution >= 4 is 5.97 Å². The van der Waals surface area contributed by atoms with E-state index in [1.165, 1.54) is 13.3 Å². The molecule has 1 atom stereocenters. The Morgan fingerprint density at radius 1 is 1.83 bits per heavy atom. The van der Waals surface area contributed by atoms with E-state index >= 15 is 0 Å². The highest BCUT2D eigenvalue weighted by Crippen LogP contribution is 2.15. The number of nitrogens with zero attached hydrogens (tertiary/aromatic N) is 1. The van der Waals surface area contributed by atoms with E-state index in [9.17, 15) is 4.79 Å². The fourth-order valence-electron chi connectivity index (χ4n) is 0.867. The zero-order valence-electron chi connectivity index (χ0n) is 7.00. The normalized spacial score (nSPS) is 15.2. The third-order valence-electron chi connectivity index (χ3n) is 1.67. The first-order valence-electron chi connectivity index (χ1n) is 3.46. The molecule has 1 aromatic rings. The Bertz CT molecular complexity index is 266. The molecule has 0 saturated heterocycles. The summed E-state index contributed by atoms with van der Waals surface area (Å²) in [6.07, 6.45) is 1.53. The molecule has 0 aromatic carbocycles. The standard InChI is InChI=1S/C7H11N3O2/c1-7(8,6(11)12-2)5-3-4-9-10-5/h3-4H,8H2,1-2H3,(H,9,10)/t7-/m1/s1. The summed E-state index contributed by atoms with van der Waals surface area (Å²) in [4.78, 5) is 11.1. The summed E-state index contributed by atoms with van der Waals surface area (Å²) < 4.78 is 4.53. The Morgan fingerprint density at radius 2 is 2.50 bits per heavy atom. The van der Waals surface area contributed by atoms with Crippen molar-refractivity contribution in [3.05, 3.63) is 18.0 Å². The van der Waals surface area contributed by atoms with Gasteiger partial charge < -0.3 is 10.5 Å². The summed E-state index contributed by atoms with van der Waals surface area (Å²) in [5.41, 5.74) is 5.08. The van der Waals surface area contributed by atoms with Gasteiger partial charge in [0.05, 0.1) is 12.8 Å². The molecule has 0 amide bonds. The van der Waals surface area contributed by atoms with Crippen molar-refractivity contribution < 1.29 is 9.53 Å². The van der Waals surface area contributed by atoms with Crippen LogP contribution in [0.1, 0.15) is 12.6 Å². The van der Waals surface area contributed by atoms with Gasteiger partial charge in [-0.15, -0.1) is 0 Å². The Morgan fingerprint density at radius 3 is 2.92 bits per heavy atom. The number of esters is 1. The second-order valence-electron chi connectivity index (χ2n) is 2.66. The third kappa shape index (κ3) is 1.31. The first kappa shape index (κ1) is 8.73. The molecule has 0 aliphatic carbocycles. The number of hydrogen-bond donors (Lipinski definition) is 2. The van der Waals surface area contributed by atoms with Crippen LogP contribution in [0, 0.1) is 0 Å². The van der Waals surface area contributed by atoms with Crippen LogP contribution < -0.4 is 5.73 Å². The van der Waals surface area contributed by atoms with Crippen LogP contribution in [0.4, 0.5) is 0 Å². The van der Waals surface area contributed by atoms with Crippen LogP contribution in [-0.2, 0) is 15.1 Å². The highest BCUT2D eigenvalue weighted by Gasteiger charge is 2.32. The lowest BCUT2D eigenvalue weighted by molar-refractivity contribution is -0.146. The van der Waals surface area contributed by atoms with E-state index in [2.05, 4.69) is 14.9 Å². The maximum atomic E-state index is 11.1. The number of aromatic amines is 1. The molecule has 0 unspecified atom stereocenters. The van der Waals surface area contributed by atoms with E-state index in [1.807, 2.05) is 0 Å². The number of aromatic nitrogens is 2. The van der Waals surface area contributed by atoms with Gasteiger partial charge in [0.1, 0.15) is 0 Å². The van der Waals surface area contributed by atoms with E-state index in [1.54, 1.807) is 13.0 Å². The minimum absolute atomic E-state index is 0.494. The molecular formula is C7H11N3O2. The lowest BCUT2D eigenvalue weighted by Crippen LogP contribution is -2.43. The molecule has 0 spiro atoms. The molecule has 0 fully saturated rings. The topological polar surface area (TPSA) is 81.0 Å². The monoisotopic (exact) mass is 169 g/mol. The van der Waals surface area contributed by atoms with Crippen LogP contribution in [0.25, 0.3) is 0 Å². The summed E-state index contributed by atoms with van der Waals surface area (Å²) in [5.74, 6) is -0.494. The first-order chi connectivity index (χ1) is 5.59. The fraction of sp³-hybridized carbons (Fsp3) is 0.429. The Hall–Kier alpha value is -1.36. The van der Waals surface area contributed by atoms with Gasteiger partial charge in [0, 0.05) is 6.20 Å². The minimum Gasteiger partial charge on any atom is -0.467 e. The number of methoxy groups -OCH3 is 1. The predicted molar refractivity (Wildman–Crippen MR) is 42.1 cm³/mol. The van der Waals surface area contributed by atoms with Crippen LogP contribution in [-0.4, -0.2) is 23.3 Å². The number of nitrogens with two attached hydrogens (primary N) is 1. The summed E-state index contributed by atoms with van der Waals surface area (Å²) in [5, 5.41) is 6.31. The van der Waals surface area contributed by atoms with Crippen LogP contribution in [0.5, 0.6) is 0 Å². The quantitative estimate of drug-likeness (QED) is 0.598. The van der Waals surface area contributed by atoms with Gasteiger partial charge >= 0.3 is 5.97 Å². The van der Waals surface area contributed by atoms with Gasteiger partial charge in [0.2, 0.25) is 0 Å². The van der Waals surface area contributed by atoms with Crippen LogP contribution in [0.3, 0.4) is 0 Å². The first-order valence-corrected chi connectivity index (χ1v) is 3.46. The van der Waals surface area contributed by atoms with Crippen molar-refractivity contribution in [1.29, 1.82) is 0 Å². The highest BCUT2D eigenvalue weighted by molar-refractivity contribution is 5.80. The second kappa shape index (κ2) is 2.94. The van der Waals surface area contributed by atoms with Crippen LogP contribution >= 0.6 is 0 Å². The number of H-pyrrole nitrogens is 1. The number of ether oxygens (including phenoxy) is 1. The van der Waals surface area contributed by atoms with Gasteiger partial charge in [-0.2, -0.15) is 5.10 Å². The zero-order chi connectivity index (χ0) is 9.19. The van der Waals surface area contributed by atoms with E-state index in [4.69, 9.17) is 5.73 Å². The van der Waals surface area contributed by atoms with Gasteiger partial charge in [0.25, 0.3) is 0 Å². The fourth-order valence-corrected chi connectivity index (χ4v) is 0.867. The van der Waals surface area contributed by atoms with Crippen LogP contribution in [0.2, 0.25) is 0 Å². The minimum atomic E-state index is -1.15. The third-order valence-corrected chi connectivity index (χ3v) is 1.67. The van der Waals surface area contributed by atoms with Crippen molar-refractivity contribution in [1.82, 2.24) is 10.2 Å². The molecule has 3 N–H and O–H groups in total. The van der Waals surface area contributed by atoms with E-state index in [0.29, 0.717) is 5.69 Å².